The number of benzene rings is 3. The summed E-state index contributed by atoms with van der Waals surface area (Å²) in [5.74, 6) is 0.275. The molecule has 1 amide bonds. The third-order valence-electron chi connectivity index (χ3n) is 4.79. The first kappa shape index (κ1) is 22.4. The molecule has 6 nitrogen and oxygen atoms in total. The van der Waals surface area contributed by atoms with Crippen molar-refractivity contribution in [1.29, 1.82) is 0 Å². The number of amides is 1. The molecule has 0 aliphatic rings. The van der Waals surface area contributed by atoms with Crippen molar-refractivity contribution >= 4 is 27.3 Å². The molecule has 0 radical (unpaired) electrons. The lowest BCUT2D eigenvalue weighted by molar-refractivity contribution is -0.117. The summed E-state index contributed by atoms with van der Waals surface area (Å²) in [5, 5.41) is 0. The average molecular weight is 439 g/mol. The highest BCUT2D eigenvalue weighted by Crippen LogP contribution is 2.27. The van der Waals surface area contributed by atoms with Crippen molar-refractivity contribution in [2.75, 3.05) is 22.9 Å². The summed E-state index contributed by atoms with van der Waals surface area (Å²) in [7, 11) is -2.43. The van der Waals surface area contributed by atoms with Crippen LogP contribution in [0.25, 0.3) is 0 Å². The highest BCUT2D eigenvalue weighted by molar-refractivity contribution is 7.92. The van der Waals surface area contributed by atoms with Gasteiger partial charge in [-0.15, -0.1) is 0 Å². The van der Waals surface area contributed by atoms with Crippen LogP contribution in [0.15, 0.2) is 89.8 Å². The normalized spacial score (nSPS) is 11.2. The molecule has 0 spiro atoms. The topological polar surface area (TPSA) is 66.9 Å². The Labute approximate surface area is 183 Å². The molecule has 0 heterocycles. The first-order chi connectivity index (χ1) is 14.8. The molecule has 0 aliphatic heterocycles. The van der Waals surface area contributed by atoms with Gasteiger partial charge in [-0.3, -0.25) is 9.10 Å². The summed E-state index contributed by atoms with van der Waals surface area (Å²) in [6.45, 7) is 3.46. The Morgan fingerprint density at radius 3 is 1.90 bits per heavy atom. The van der Waals surface area contributed by atoms with Gasteiger partial charge in [0.25, 0.3) is 10.0 Å². The highest BCUT2D eigenvalue weighted by atomic mass is 32.2. The number of ether oxygens (including phenoxy) is 1. The van der Waals surface area contributed by atoms with Crippen molar-refractivity contribution in [3.8, 4) is 5.75 Å². The van der Waals surface area contributed by atoms with Gasteiger partial charge < -0.3 is 9.64 Å². The number of hydrogen-bond acceptors (Lipinski definition) is 4. The van der Waals surface area contributed by atoms with E-state index in [-0.39, 0.29) is 23.4 Å². The fraction of sp³-hybridized carbons (Fsp3) is 0.208. The van der Waals surface area contributed by atoms with Gasteiger partial charge in [0, 0.05) is 11.7 Å². The zero-order valence-electron chi connectivity index (χ0n) is 17.8. The van der Waals surface area contributed by atoms with Crippen LogP contribution in [0.1, 0.15) is 13.8 Å². The van der Waals surface area contributed by atoms with E-state index >= 15 is 0 Å². The fourth-order valence-electron chi connectivity index (χ4n) is 3.30. The molecule has 0 N–H and O–H groups in total. The average Bonchev–Trinajstić information content (AvgIpc) is 2.78. The van der Waals surface area contributed by atoms with Crippen molar-refractivity contribution in [1.82, 2.24) is 0 Å². The number of rotatable bonds is 8. The van der Waals surface area contributed by atoms with Crippen molar-refractivity contribution in [2.24, 2.45) is 0 Å². The van der Waals surface area contributed by atoms with E-state index in [1.807, 2.05) is 44.2 Å². The van der Waals surface area contributed by atoms with Crippen LogP contribution >= 0.6 is 0 Å². The summed E-state index contributed by atoms with van der Waals surface area (Å²) in [6, 6.07) is 23.8. The monoisotopic (exact) mass is 438 g/mol. The molecule has 0 saturated heterocycles. The lowest BCUT2D eigenvalue weighted by Crippen LogP contribution is -2.46. The lowest BCUT2D eigenvalue weighted by Gasteiger charge is -2.31. The lowest BCUT2D eigenvalue weighted by atomic mass is 10.2. The molecular weight excluding hydrogens is 412 g/mol. The van der Waals surface area contributed by atoms with Gasteiger partial charge >= 0.3 is 0 Å². The number of anilines is 2. The Kier molecular flexibility index (Phi) is 6.97. The van der Waals surface area contributed by atoms with Crippen LogP contribution in [0, 0.1) is 0 Å². The molecule has 3 aromatic carbocycles. The highest BCUT2D eigenvalue weighted by Gasteiger charge is 2.30. The van der Waals surface area contributed by atoms with E-state index in [2.05, 4.69) is 0 Å². The predicted octanol–water partition coefficient (Wildman–Crippen LogP) is 4.33. The van der Waals surface area contributed by atoms with Crippen molar-refractivity contribution < 1.29 is 17.9 Å². The number of carbonyl (C=O) groups is 1. The third-order valence-corrected chi connectivity index (χ3v) is 6.58. The maximum atomic E-state index is 13.5. The van der Waals surface area contributed by atoms with Gasteiger partial charge in [0.15, 0.2) is 0 Å². The molecule has 7 heteroatoms. The Balaban J connectivity index is 2.02. The number of methoxy groups -OCH3 is 1. The van der Waals surface area contributed by atoms with E-state index in [9.17, 15) is 13.2 Å². The molecule has 0 unspecified atom stereocenters. The molecule has 31 heavy (non-hydrogen) atoms. The summed E-state index contributed by atoms with van der Waals surface area (Å²) in [6.07, 6.45) is 0. The van der Waals surface area contributed by atoms with E-state index in [1.165, 1.54) is 19.2 Å². The van der Waals surface area contributed by atoms with E-state index in [4.69, 9.17) is 4.74 Å². The van der Waals surface area contributed by atoms with Crippen LogP contribution < -0.4 is 13.9 Å². The minimum absolute atomic E-state index is 0.120. The maximum Gasteiger partial charge on any atom is 0.264 e. The van der Waals surface area contributed by atoms with Gasteiger partial charge in [-0.2, -0.15) is 0 Å². The second kappa shape index (κ2) is 9.66. The minimum atomic E-state index is -3.97. The Morgan fingerprint density at radius 2 is 1.39 bits per heavy atom. The van der Waals surface area contributed by atoms with Crippen LogP contribution in [-0.4, -0.2) is 34.0 Å². The SMILES string of the molecule is COc1ccc(N(CC(=O)N(c2ccccc2)C(C)C)S(=O)(=O)c2ccccc2)cc1. The molecule has 162 valence electrons. The quantitative estimate of drug-likeness (QED) is 0.525. The number of hydrogen-bond donors (Lipinski definition) is 0. The summed E-state index contributed by atoms with van der Waals surface area (Å²) < 4.78 is 33.3. The molecule has 3 aromatic rings. The Bertz CT molecular complexity index is 1100. The van der Waals surface area contributed by atoms with E-state index < -0.39 is 10.0 Å². The molecule has 0 aromatic heterocycles. The molecule has 0 fully saturated rings. The molecule has 0 atom stereocenters. The molecular formula is C24H26N2O4S. The van der Waals surface area contributed by atoms with Crippen LogP contribution in [0.3, 0.4) is 0 Å². The van der Waals surface area contributed by atoms with Gasteiger partial charge in [0.2, 0.25) is 5.91 Å². The van der Waals surface area contributed by atoms with Crippen LogP contribution in [0.4, 0.5) is 11.4 Å². The van der Waals surface area contributed by atoms with Gasteiger partial charge in [-0.25, -0.2) is 8.42 Å². The first-order valence-corrected chi connectivity index (χ1v) is 11.4. The Morgan fingerprint density at radius 1 is 0.839 bits per heavy atom. The second-order valence-corrected chi connectivity index (χ2v) is 9.08. The van der Waals surface area contributed by atoms with Crippen molar-refractivity contribution in [3.63, 3.8) is 0 Å². The Hall–Kier alpha value is -3.32. The van der Waals surface area contributed by atoms with Gasteiger partial charge in [0.05, 0.1) is 17.7 Å². The van der Waals surface area contributed by atoms with E-state index in [0.717, 1.165) is 4.31 Å². The zero-order valence-corrected chi connectivity index (χ0v) is 18.6. The van der Waals surface area contributed by atoms with Gasteiger partial charge in [-0.05, 0) is 62.4 Å². The second-order valence-electron chi connectivity index (χ2n) is 7.22. The molecule has 3 rings (SSSR count). The summed E-state index contributed by atoms with van der Waals surface area (Å²) in [5.41, 5.74) is 1.10. The fourth-order valence-corrected chi connectivity index (χ4v) is 4.74. The predicted molar refractivity (Wildman–Crippen MR) is 123 cm³/mol. The van der Waals surface area contributed by atoms with E-state index in [0.29, 0.717) is 17.1 Å². The summed E-state index contributed by atoms with van der Waals surface area (Å²) in [4.78, 5) is 15.1. The van der Waals surface area contributed by atoms with Crippen molar-refractivity contribution in [3.05, 3.63) is 84.9 Å². The number of para-hydroxylation sites is 1. The van der Waals surface area contributed by atoms with Crippen molar-refractivity contribution in [2.45, 2.75) is 24.8 Å². The molecule has 0 saturated carbocycles. The zero-order chi connectivity index (χ0) is 22.4. The molecule has 0 aliphatic carbocycles. The van der Waals surface area contributed by atoms with Crippen LogP contribution in [0.2, 0.25) is 0 Å². The number of nitrogens with zero attached hydrogens (tertiary/aromatic N) is 2. The standard InChI is InChI=1S/C24H26N2O4S/c1-19(2)26(21-10-6-4-7-11-21)24(27)18-25(20-14-16-22(30-3)17-15-20)31(28,29)23-12-8-5-9-13-23/h4-17,19H,18H2,1-3H3. The van der Waals surface area contributed by atoms with Crippen LogP contribution in [0.5, 0.6) is 5.75 Å². The smallest absolute Gasteiger partial charge is 0.264 e. The largest absolute Gasteiger partial charge is 0.497 e. The number of carbonyl (C=O) groups excluding carboxylic acids is 1. The molecule has 0 bridgehead atoms. The minimum Gasteiger partial charge on any atom is -0.497 e. The first-order valence-electron chi connectivity index (χ1n) is 9.93. The maximum absolute atomic E-state index is 13.5. The third kappa shape index (κ3) is 5.06. The number of sulfonamides is 1. The van der Waals surface area contributed by atoms with E-state index in [1.54, 1.807) is 47.4 Å². The van der Waals surface area contributed by atoms with Gasteiger partial charge in [-0.1, -0.05) is 36.4 Å². The van der Waals surface area contributed by atoms with Gasteiger partial charge in [0.1, 0.15) is 12.3 Å². The van der Waals surface area contributed by atoms with Crippen LogP contribution in [-0.2, 0) is 14.8 Å². The summed E-state index contributed by atoms with van der Waals surface area (Å²) >= 11 is 0.